The molecule has 0 saturated heterocycles. The van der Waals surface area contributed by atoms with E-state index in [9.17, 15) is 0 Å². The quantitative estimate of drug-likeness (QED) is 0.154. The molecule has 11 aromatic carbocycles. The second kappa shape index (κ2) is 15.4. The minimum atomic E-state index is -0.494. The average molecular weight is 876 g/mol. The van der Waals surface area contributed by atoms with Gasteiger partial charge in [-0.25, -0.2) is 0 Å². The van der Waals surface area contributed by atoms with Gasteiger partial charge in [0.25, 0.3) is 0 Å². The molecule has 0 heterocycles. The molecule has 14 rings (SSSR count). The molecule has 11 aromatic rings. The lowest BCUT2D eigenvalue weighted by Gasteiger charge is -2.34. The smallest absolute Gasteiger partial charge is 0.0726 e. The Morgan fingerprint density at radius 3 is 1.25 bits per heavy atom. The molecular weight excluding hydrogens is 831 g/mol. The second-order valence-electron chi connectivity index (χ2n) is 18.7. The van der Waals surface area contributed by atoms with Crippen molar-refractivity contribution in [2.45, 2.75) is 10.8 Å². The van der Waals surface area contributed by atoms with Gasteiger partial charge in [0.1, 0.15) is 0 Å². The zero-order chi connectivity index (χ0) is 45.5. The van der Waals surface area contributed by atoms with Crippen LogP contribution in [-0.4, -0.2) is 0 Å². The van der Waals surface area contributed by atoms with Crippen LogP contribution < -0.4 is 4.90 Å². The van der Waals surface area contributed by atoms with Crippen LogP contribution >= 0.6 is 0 Å². The van der Waals surface area contributed by atoms with Gasteiger partial charge < -0.3 is 4.90 Å². The minimum absolute atomic E-state index is 0.467. The van der Waals surface area contributed by atoms with Gasteiger partial charge in [-0.2, -0.15) is 0 Å². The Morgan fingerprint density at radius 1 is 0.232 bits per heavy atom. The zero-order valence-corrected chi connectivity index (χ0v) is 37.9. The first-order valence-corrected chi connectivity index (χ1v) is 24.1. The normalized spacial score (nSPS) is 13.7. The van der Waals surface area contributed by atoms with Crippen molar-refractivity contribution in [1.29, 1.82) is 0 Å². The van der Waals surface area contributed by atoms with E-state index in [1.54, 1.807) is 0 Å². The van der Waals surface area contributed by atoms with Crippen molar-refractivity contribution in [2.75, 3.05) is 4.90 Å². The summed E-state index contributed by atoms with van der Waals surface area (Å²) in [5, 5.41) is 0. The van der Waals surface area contributed by atoms with Crippen molar-refractivity contribution < 1.29 is 0 Å². The first-order chi connectivity index (χ1) is 34.2. The van der Waals surface area contributed by atoms with Gasteiger partial charge in [-0.1, -0.05) is 243 Å². The lowest BCUT2D eigenvalue weighted by molar-refractivity contribution is 0.768. The molecule has 1 spiro atoms. The third-order valence-corrected chi connectivity index (χ3v) is 15.4. The highest BCUT2D eigenvalue weighted by Crippen LogP contribution is 2.65. The molecule has 0 fully saturated rings. The number of fused-ring (bicyclic) bond motifs is 13. The van der Waals surface area contributed by atoms with Crippen LogP contribution in [0, 0.1) is 0 Å². The van der Waals surface area contributed by atoms with Crippen LogP contribution in [0.2, 0.25) is 0 Å². The Hall–Kier alpha value is -8.78. The molecule has 322 valence electrons. The molecule has 1 heteroatoms. The highest BCUT2D eigenvalue weighted by molar-refractivity contribution is 6.02. The Bertz CT molecular complexity index is 3690. The Balaban J connectivity index is 1.03. The van der Waals surface area contributed by atoms with Gasteiger partial charge in [-0.15, -0.1) is 0 Å². The fourth-order valence-corrected chi connectivity index (χ4v) is 12.6. The molecule has 0 bridgehead atoms. The first-order valence-electron chi connectivity index (χ1n) is 24.1. The Morgan fingerprint density at radius 2 is 0.638 bits per heavy atom. The average Bonchev–Trinajstić information content (AvgIpc) is 4.02. The summed E-state index contributed by atoms with van der Waals surface area (Å²) in [7, 11) is 0. The van der Waals surface area contributed by atoms with Crippen molar-refractivity contribution in [3.05, 3.63) is 317 Å². The van der Waals surface area contributed by atoms with Gasteiger partial charge >= 0.3 is 0 Å². The van der Waals surface area contributed by atoms with Crippen LogP contribution in [-0.2, 0) is 10.8 Å². The fourth-order valence-electron chi connectivity index (χ4n) is 12.6. The van der Waals surface area contributed by atoms with Gasteiger partial charge in [0.05, 0.1) is 16.5 Å². The molecule has 3 aliphatic carbocycles. The van der Waals surface area contributed by atoms with Crippen molar-refractivity contribution >= 4 is 17.1 Å². The van der Waals surface area contributed by atoms with Gasteiger partial charge in [-0.05, 0) is 125 Å². The third kappa shape index (κ3) is 5.59. The highest BCUT2D eigenvalue weighted by atomic mass is 15.1. The van der Waals surface area contributed by atoms with E-state index in [0.717, 1.165) is 17.1 Å². The Labute approximate surface area is 403 Å². The Kier molecular flexibility index (Phi) is 8.78. The van der Waals surface area contributed by atoms with Crippen molar-refractivity contribution in [1.82, 2.24) is 0 Å². The van der Waals surface area contributed by atoms with Crippen LogP contribution in [0.3, 0.4) is 0 Å². The molecule has 0 radical (unpaired) electrons. The minimum Gasteiger partial charge on any atom is -0.310 e. The number of nitrogens with zero attached hydrogens (tertiary/aromatic N) is 1. The van der Waals surface area contributed by atoms with Gasteiger partial charge in [0, 0.05) is 16.9 Å². The van der Waals surface area contributed by atoms with Crippen LogP contribution in [0.5, 0.6) is 0 Å². The molecule has 1 nitrogen and oxygen atoms in total. The number of hydrogen-bond acceptors (Lipinski definition) is 1. The second-order valence-corrected chi connectivity index (χ2v) is 18.7. The van der Waals surface area contributed by atoms with Crippen LogP contribution in [0.15, 0.2) is 273 Å². The van der Waals surface area contributed by atoms with Crippen molar-refractivity contribution in [3.63, 3.8) is 0 Å². The van der Waals surface area contributed by atoms with Gasteiger partial charge in [-0.3, -0.25) is 0 Å². The van der Waals surface area contributed by atoms with E-state index in [2.05, 4.69) is 278 Å². The first kappa shape index (κ1) is 39.4. The van der Waals surface area contributed by atoms with Crippen LogP contribution in [0.1, 0.15) is 44.5 Å². The molecular formula is C68H45N. The highest BCUT2D eigenvalue weighted by Gasteiger charge is 2.52. The third-order valence-electron chi connectivity index (χ3n) is 15.4. The molecule has 3 aliphatic rings. The standard InChI is InChI=1S/C68H45N/c1-4-20-46(21-5-1)47-38-40-48(41-39-47)49-22-18-27-52(44-49)69(53-42-43-63-58(45-53)56-30-12-14-32-59(56)67(63,50-23-6-2-7-24-50)51-25-8-3-9-26-51)65-37-19-36-64-66(65)57-31-13-17-35-62(57)68(64)60-33-15-10-28-54(60)55-29-11-16-34-61(55)68/h1-45H. The molecule has 69 heavy (non-hydrogen) atoms. The molecule has 0 atom stereocenters. The van der Waals surface area contributed by atoms with Crippen LogP contribution in [0.4, 0.5) is 17.1 Å². The van der Waals surface area contributed by atoms with Gasteiger partial charge in [0.15, 0.2) is 0 Å². The summed E-state index contributed by atoms with van der Waals surface area (Å²) in [5.41, 5.74) is 25.3. The SMILES string of the molecule is c1ccc(-c2ccc(-c3cccc(N(c4ccc5c(c4)-c4ccccc4C5(c4ccccc4)c4ccccc4)c4cccc5c4-c4ccccc4C54c5ccccc5-c5ccccc54)c3)cc2)cc1. The van der Waals surface area contributed by atoms with Crippen molar-refractivity contribution in [2.24, 2.45) is 0 Å². The number of rotatable bonds is 7. The van der Waals surface area contributed by atoms with E-state index >= 15 is 0 Å². The van der Waals surface area contributed by atoms with E-state index in [-0.39, 0.29) is 0 Å². The summed E-state index contributed by atoms with van der Waals surface area (Å²) in [5.74, 6) is 0. The summed E-state index contributed by atoms with van der Waals surface area (Å²) in [6.45, 7) is 0. The summed E-state index contributed by atoms with van der Waals surface area (Å²) in [6.07, 6.45) is 0. The van der Waals surface area contributed by atoms with Crippen LogP contribution in [0.25, 0.3) is 55.6 Å². The summed E-state index contributed by atoms with van der Waals surface area (Å²) < 4.78 is 0. The van der Waals surface area contributed by atoms with Crippen molar-refractivity contribution in [3.8, 4) is 55.6 Å². The molecule has 0 amide bonds. The van der Waals surface area contributed by atoms with E-state index in [4.69, 9.17) is 0 Å². The number of benzene rings is 11. The lowest BCUT2D eigenvalue weighted by Crippen LogP contribution is -2.28. The zero-order valence-electron chi connectivity index (χ0n) is 37.9. The predicted octanol–water partition coefficient (Wildman–Crippen LogP) is 17.2. The topological polar surface area (TPSA) is 3.24 Å². The maximum atomic E-state index is 2.54. The summed E-state index contributed by atoms with van der Waals surface area (Å²) in [6, 6.07) is 102. The van der Waals surface area contributed by atoms with E-state index in [1.165, 1.54) is 100 Å². The fraction of sp³-hybridized carbons (Fsp3) is 0.0294. The molecule has 0 aliphatic heterocycles. The van der Waals surface area contributed by atoms with E-state index in [0.29, 0.717) is 0 Å². The monoisotopic (exact) mass is 875 g/mol. The maximum absolute atomic E-state index is 2.54. The van der Waals surface area contributed by atoms with Gasteiger partial charge in [0.2, 0.25) is 0 Å². The predicted molar refractivity (Wildman–Crippen MR) is 286 cm³/mol. The molecule has 0 saturated carbocycles. The lowest BCUT2D eigenvalue weighted by atomic mass is 9.68. The summed E-state index contributed by atoms with van der Waals surface area (Å²) >= 11 is 0. The van der Waals surface area contributed by atoms with E-state index in [1.807, 2.05) is 0 Å². The molecule has 0 aromatic heterocycles. The number of hydrogen-bond donors (Lipinski definition) is 0. The van der Waals surface area contributed by atoms with E-state index < -0.39 is 10.8 Å². The number of anilines is 3. The maximum Gasteiger partial charge on any atom is 0.0726 e. The molecule has 0 N–H and O–H groups in total. The molecule has 0 unspecified atom stereocenters. The largest absolute Gasteiger partial charge is 0.310 e. The summed E-state index contributed by atoms with van der Waals surface area (Å²) in [4.78, 5) is 2.54.